The average molecular weight is 287 g/mol. The van der Waals surface area contributed by atoms with Gasteiger partial charge in [-0.3, -0.25) is 9.69 Å². The summed E-state index contributed by atoms with van der Waals surface area (Å²) in [4.78, 5) is 17.2. The highest BCUT2D eigenvalue weighted by Gasteiger charge is 2.28. The van der Waals surface area contributed by atoms with Crippen molar-refractivity contribution in [2.45, 2.75) is 12.6 Å². The molecule has 1 aromatic heterocycles. The van der Waals surface area contributed by atoms with Crippen LogP contribution >= 0.6 is 0 Å². The predicted octanol–water partition coefficient (Wildman–Crippen LogP) is 1.16. The summed E-state index contributed by atoms with van der Waals surface area (Å²) in [7, 11) is 0. The molecule has 2 heterocycles. The molecule has 1 atom stereocenters. The minimum absolute atomic E-state index is 0.252. The number of hydrogen-bond acceptors (Lipinski definition) is 4. The van der Waals surface area contributed by atoms with Crippen molar-refractivity contribution < 1.29 is 14.6 Å². The standard InChI is InChI=1S/C15H17N3O3/c19-15(20)14-10-21-8-7-17(14)9-12-1-3-13(4-2-12)18-6-5-16-11-18/h1-6,11,14H,7-10H2,(H,19,20). The quantitative estimate of drug-likeness (QED) is 0.914. The first-order valence-corrected chi connectivity index (χ1v) is 6.86. The highest BCUT2D eigenvalue weighted by atomic mass is 16.5. The minimum Gasteiger partial charge on any atom is -0.480 e. The molecule has 1 unspecified atom stereocenters. The predicted molar refractivity (Wildman–Crippen MR) is 76.2 cm³/mol. The first-order chi connectivity index (χ1) is 10.2. The van der Waals surface area contributed by atoms with Gasteiger partial charge in [-0.05, 0) is 17.7 Å². The van der Waals surface area contributed by atoms with Crippen LogP contribution in [0, 0.1) is 0 Å². The van der Waals surface area contributed by atoms with Crippen LogP contribution in [0.3, 0.4) is 0 Å². The Labute approximate surface area is 122 Å². The van der Waals surface area contributed by atoms with E-state index in [0.29, 0.717) is 19.7 Å². The number of rotatable bonds is 4. The topological polar surface area (TPSA) is 67.6 Å². The van der Waals surface area contributed by atoms with Gasteiger partial charge in [-0.25, -0.2) is 4.98 Å². The maximum atomic E-state index is 11.2. The minimum atomic E-state index is -0.829. The van der Waals surface area contributed by atoms with Gasteiger partial charge in [-0.15, -0.1) is 0 Å². The molecule has 1 aromatic carbocycles. The van der Waals surface area contributed by atoms with Crippen molar-refractivity contribution in [1.82, 2.24) is 14.5 Å². The zero-order valence-corrected chi connectivity index (χ0v) is 11.6. The van der Waals surface area contributed by atoms with E-state index in [2.05, 4.69) is 4.98 Å². The Balaban J connectivity index is 1.71. The lowest BCUT2D eigenvalue weighted by atomic mass is 10.1. The number of nitrogens with zero attached hydrogens (tertiary/aromatic N) is 3. The van der Waals surface area contributed by atoms with Crippen molar-refractivity contribution in [3.8, 4) is 5.69 Å². The molecule has 110 valence electrons. The number of benzene rings is 1. The summed E-state index contributed by atoms with van der Waals surface area (Å²) in [5, 5.41) is 9.22. The van der Waals surface area contributed by atoms with Crippen LogP contribution < -0.4 is 0 Å². The van der Waals surface area contributed by atoms with Crippen LogP contribution in [0.15, 0.2) is 43.0 Å². The van der Waals surface area contributed by atoms with Crippen LogP contribution in [0.5, 0.6) is 0 Å². The third-order valence-corrected chi connectivity index (χ3v) is 3.65. The van der Waals surface area contributed by atoms with Crippen LogP contribution in [-0.4, -0.2) is 51.3 Å². The summed E-state index contributed by atoms with van der Waals surface area (Å²) in [5.74, 6) is -0.829. The molecule has 0 spiro atoms. The van der Waals surface area contributed by atoms with Crippen LogP contribution in [0.1, 0.15) is 5.56 Å². The summed E-state index contributed by atoms with van der Waals surface area (Å²) < 4.78 is 7.18. The largest absolute Gasteiger partial charge is 0.480 e. The smallest absolute Gasteiger partial charge is 0.323 e. The van der Waals surface area contributed by atoms with Gasteiger partial charge >= 0.3 is 5.97 Å². The van der Waals surface area contributed by atoms with Gasteiger partial charge in [0.1, 0.15) is 6.04 Å². The number of hydrogen-bond donors (Lipinski definition) is 1. The Morgan fingerprint density at radius 2 is 2.19 bits per heavy atom. The van der Waals surface area contributed by atoms with Crippen molar-refractivity contribution in [2.75, 3.05) is 19.8 Å². The molecular formula is C15H17N3O3. The molecule has 0 bridgehead atoms. The normalized spacial score (nSPS) is 19.5. The molecule has 0 amide bonds. The van der Waals surface area contributed by atoms with Crippen molar-refractivity contribution in [1.29, 1.82) is 0 Å². The Kier molecular flexibility index (Phi) is 3.98. The summed E-state index contributed by atoms with van der Waals surface area (Å²) >= 11 is 0. The number of ether oxygens (including phenoxy) is 1. The van der Waals surface area contributed by atoms with Gasteiger partial charge in [0.05, 0.1) is 19.5 Å². The molecule has 6 heteroatoms. The number of carbonyl (C=O) groups is 1. The van der Waals surface area contributed by atoms with Gasteiger partial charge in [0, 0.05) is 31.2 Å². The third kappa shape index (κ3) is 3.12. The molecule has 3 rings (SSSR count). The van der Waals surface area contributed by atoms with E-state index in [4.69, 9.17) is 4.74 Å². The molecule has 21 heavy (non-hydrogen) atoms. The van der Waals surface area contributed by atoms with Gasteiger partial charge in [0.15, 0.2) is 0 Å². The summed E-state index contributed by atoms with van der Waals surface area (Å²) in [5.41, 5.74) is 2.13. The molecular weight excluding hydrogens is 270 g/mol. The van der Waals surface area contributed by atoms with E-state index in [-0.39, 0.29) is 6.61 Å². The number of aliphatic carboxylic acids is 1. The first-order valence-electron chi connectivity index (χ1n) is 6.86. The molecule has 1 aliphatic rings. The van der Waals surface area contributed by atoms with Gasteiger partial charge in [-0.1, -0.05) is 12.1 Å². The van der Waals surface area contributed by atoms with Crippen molar-refractivity contribution in [3.63, 3.8) is 0 Å². The fourth-order valence-electron chi connectivity index (χ4n) is 2.47. The Morgan fingerprint density at radius 1 is 1.38 bits per heavy atom. The molecule has 6 nitrogen and oxygen atoms in total. The molecule has 0 radical (unpaired) electrons. The molecule has 1 fully saturated rings. The molecule has 0 aliphatic carbocycles. The van der Waals surface area contributed by atoms with Crippen molar-refractivity contribution in [2.24, 2.45) is 0 Å². The lowest BCUT2D eigenvalue weighted by Crippen LogP contribution is -2.49. The third-order valence-electron chi connectivity index (χ3n) is 3.65. The summed E-state index contributed by atoms with van der Waals surface area (Å²) in [6.07, 6.45) is 5.37. The lowest BCUT2D eigenvalue weighted by molar-refractivity contribution is -0.150. The maximum Gasteiger partial charge on any atom is 0.323 e. The number of imidazole rings is 1. The maximum absolute atomic E-state index is 11.2. The molecule has 0 saturated carbocycles. The van der Waals surface area contributed by atoms with E-state index in [1.807, 2.05) is 39.9 Å². The fraction of sp³-hybridized carbons (Fsp3) is 0.333. The van der Waals surface area contributed by atoms with E-state index < -0.39 is 12.0 Å². The van der Waals surface area contributed by atoms with Crippen LogP contribution in [0.4, 0.5) is 0 Å². The monoisotopic (exact) mass is 287 g/mol. The molecule has 1 aliphatic heterocycles. The van der Waals surface area contributed by atoms with E-state index in [0.717, 1.165) is 11.3 Å². The number of carboxylic acid groups (broad SMARTS) is 1. The second-order valence-corrected chi connectivity index (χ2v) is 5.04. The van der Waals surface area contributed by atoms with E-state index >= 15 is 0 Å². The number of aromatic nitrogens is 2. The zero-order chi connectivity index (χ0) is 14.7. The molecule has 1 N–H and O–H groups in total. The molecule has 1 saturated heterocycles. The highest BCUT2D eigenvalue weighted by molar-refractivity contribution is 5.73. The average Bonchev–Trinajstić information content (AvgIpc) is 3.03. The Morgan fingerprint density at radius 3 is 2.86 bits per heavy atom. The van der Waals surface area contributed by atoms with E-state index in [9.17, 15) is 9.90 Å². The first kappa shape index (κ1) is 13.8. The Hall–Kier alpha value is -2.18. The van der Waals surface area contributed by atoms with Gasteiger partial charge in [0.2, 0.25) is 0 Å². The van der Waals surface area contributed by atoms with Gasteiger partial charge < -0.3 is 14.4 Å². The van der Waals surface area contributed by atoms with Crippen LogP contribution in [0.25, 0.3) is 5.69 Å². The van der Waals surface area contributed by atoms with Gasteiger partial charge in [-0.2, -0.15) is 0 Å². The van der Waals surface area contributed by atoms with Crippen LogP contribution in [-0.2, 0) is 16.1 Å². The molecule has 2 aromatic rings. The number of carboxylic acids is 1. The Bertz CT molecular complexity index is 595. The second kappa shape index (κ2) is 6.07. The summed E-state index contributed by atoms with van der Waals surface area (Å²) in [6, 6.07) is 7.49. The number of morpholine rings is 1. The fourth-order valence-corrected chi connectivity index (χ4v) is 2.47. The zero-order valence-electron chi connectivity index (χ0n) is 11.6. The van der Waals surface area contributed by atoms with E-state index in [1.165, 1.54) is 0 Å². The lowest BCUT2D eigenvalue weighted by Gasteiger charge is -2.32. The summed E-state index contributed by atoms with van der Waals surface area (Å²) in [6.45, 7) is 2.09. The SMILES string of the molecule is O=C(O)C1COCCN1Cc1ccc(-n2ccnc2)cc1. The van der Waals surface area contributed by atoms with Gasteiger partial charge in [0.25, 0.3) is 0 Å². The second-order valence-electron chi connectivity index (χ2n) is 5.04. The highest BCUT2D eigenvalue weighted by Crippen LogP contribution is 2.15. The van der Waals surface area contributed by atoms with E-state index in [1.54, 1.807) is 12.5 Å². The van der Waals surface area contributed by atoms with Crippen LogP contribution in [0.2, 0.25) is 0 Å². The van der Waals surface area contributed by atoms with Crippen molar-refractivity contribution in [3.05, 3.63) is 48.5 Å². The van der Waals surface area contributed by atoms with Crippen molar-refractivity contribution >= 4 is 5.97 Å².